The lowest BCUT2D eigenvalue weighted by atomic mass is 9.97. The Morgan fingerprint density at radius 3 is 2.22 bits per heavy atom. The zero-order valence-corrected chi connectivity index (χ0v) is 18.3. The summed E-state index contributed by atoms with van der Waals surface area (Å²) >= 11 is 12.8. The third kappa shape index (κ3) is 5.66. The van der Waals surface area contributed by atoms with Crippen molar-refractivity contribution in [3.63, 3.8) is 0 Å². The fourth-order valence-corrected chi connectivity index (χ4v) is 3.44. The number of hydrogen-bond acceptors (Lipinski definition) is 2. The van der Waals surface area contributed by atoms with E-state index in [0.29, 0.717) is 16.0 Å². The molecule has 0 aliphatic rings. The Morgan fingerprint density at radius 2 is 1.74 bits per heavy atom. The van der Waals surface area contributed by atoms with Gasteiger partial charge in [0.1, 0.15) is 5.75 Å². The van der Waals surface area contributed by atoms with Gasteiger partial charge >= 0.3 is 0 Å². The van der Waals surface area contributed by atoms with Gasteiger partial charge in [-0.1, -0.05) is 50.9 Å². The standard InChI is InChI=1S/C18H31Cl2NOSi/c1-13(9-10-21(5)6)14-11-15(19)17(20)16(12-14)22-23(7,8)18(2,3)4/h11-13H,9-10H2,1-8H3. The van der Waals surface area contributed by atoms with E-state index in [2.05, 4.69) is 65.9 Å². The molecule has 0 bridgehead atoms. The molecule has 0 saturated carbocycles. The minimum absolute atomic E-state index is 0.120. The second-order valence-electron chi connectivity index (χ2n) is 8.17. The summed E-state index contributed by atoms with van der Waals surface area (Å²) in [5.41, 5.74) is 1.19. The van der Waals surface area contributed by atoms with E-state index < -0.39 is 8.32 Å². The molecule has 0 fully saturated rings. The Morgan fingerprint density at radius 1 is 1.17 bits per heavy atom. The van der Waals surface area contributed by atoms with E-state index in [0.717, 1.165) is 18.7 Å². The summed E-state index contributed by atoms with van der Waals surface area (Å²) in [5.74, 6) is 1.14. The molecule has 0 N–H and O–H groups in total. The van der Waals surface area contributed by atoms with Crippen LogP contribution in [-0.4, -0.2) is 33.9 Å². The van der Waals surface area contributed by atoms with Gasteiger partial charge in [-0.25, -0.2) is 0 Å². The summed E-state index contributed by atoms with van der Waals surface area (Å²) in [7, 11) is 2.24. The predicted molar refractivity (Wildman–Crippen MR) is 106 cm³/mol. The highest BCUT2D eigenvalue weighted by molar-refractivity contribution is 6.74. The second kappa shape index (κ2) is 7.77. The molecule has 0 aliphatic heterocycles. The van der Waals surface area contributed by atoms with Crippen molar-refractivity contribution < 1.29 is 4.43 Å². The molecule has 1 atom stereocenters. The summed E-state index contributed by atoms with van der Waals surface area (Å²) in [6, 6.07) is 4.05. The molecular formula is C18H31Cl2NOSi. The topological polar surface area (TPSA) is 12.5 Å². The maximum absolute atomic E-state index is 6.41. The highest BCUT2D eigenvalue weighted by Crippen LogP contribution is 2.42. The first-order valence-corrected chi connectivity index (χ1v) is 11.8. The van der Waals surface area contributed by atoms with Gasteiger partial charge in [-0.2, -0.15) is 0 Å². The van der Waals surface area contributed by atoms with E-state index in [1.807, 2.05) is 6.07 Å². The van der Waals surface area contributed by atoms with Crippen LogP contribution >= 0.6 is 23.2 Å². The van der Waals surface area contributed by atoms with Crippen LogP contribution in [0.15, 0.2) is 12.1 Å². The lowest BCUT2D eigenvalue weighted by Crippen LogP contribution is -2.44. The van der Waals surface area contributed by atoms with Crippen molar-refractivity contribution in [2.45, 2.75) is 58.2 Å². The lowest BCUT2D eigenvalue weighted by Gasteiger charge is -2.37. The highest BCUT2D eigenvalue weighted by Gasteiger charge is 2.39. The molecular weight excluding hydrogens is 345 g/mol. The first kappa shape index (κ1) is 20.8. The maximum Gasteiger partial charge on any atom is 0.250 e. The Kier molecular flexibility index (Phi) is 7.04. The van der Waals surface area contributed by atoms with E-state index in [-0.39, 0.29) is 5.04 Å². The van der Waals surface area contributed by atoms with Gasteiger partial charge in [0, 0.05) is 0 Å². The zero-order valence-electron chi connectivity index (χ0n) is 15.8. The Labute approximate surface area is 153 Å². The van der Waals surface area contributed by atoms with E-state index >= 15 is 0 Å². The maximum atomic E-state index is 6.41. The number of hydrogen-bond donors (Lipinski definition) is 0. The van der Waals surface area contributed by atoms with Gasteiger partial charge in [-0.15, -0.1) is 0 Å². The molecule has 0 heterocycles. The number of benzene rings is 1. The lowest BCUT2D eigenvalue weighted by molar-refractivity contribution is 0.386. The SMILES string of the molecule is CC(CCN(C)C)c1cc(Cl)c(Cl)c(O[Si](C)(C)C(C)(C)C)c1. The van der Waals surface area contributed by atoms with Gasteiger partial charge < -0.3 is 9.33 Å². The summed E-state index contributed by atoms with van der Waals surface area (Å²) in [4.78, 5) is 2.20. The van der Waals surface area contributed by atoms with Crippen LogP contribution in [-0.2, 0) is 0 Å². The average Bonchev–Trinajstić information content (AvgIpc) is 2.39. The third-order valence-electron chi connectivity index (χ3n) is 4.77. The van der Waals surface area contributed by atoms with Gasteiger partial charge in [0.15, 0.2) is 0 Å². The Bertz CT molecular complexity index is 539. The zero-order chi connectivity index (χ0) is 18.0. The number of halogens is 2. The summed E-state index contributed by atoms with van der Waals surface area (Å²) in [6.45, 7) is 14.4. The predicted octanol–water partition coefficient (Wildman–Crippen LogP) is 6.43. The van der Waals surface area contributed by atoms with Crippen molar-refractivity contribution >= 4 is 31.5 Å². The average molecular weight is 376 g/mol. The van der Waals surface area contributed by atoms with Crippen molar-refractivity contribution in [3.8, 4) is 5.75 Å². The fourth-order valence-electron chi connectivity index (χ4n) is 1.99. The van der Waals surface area contributed by atoms with Crippen molar-refractivity contribution in [1.82, 2.24) is 4.90 Å². The van der Waals surface area contributed by atoms with Crippen LogP contribution in [0.4, 0.5) is 0 Å². The Hall–Kier alpha value is -0.223. The summed E-state index contributed by atoms with van der Waals surface area (Å²) in [5, 5.41) is 1.23. The molecule has 0 saturated heterocycles. The molecule has 1 aromatic rings. The molecule has 0 radical (unpaired) electrons. The normalized spacial score (nSPS) is 14.2. The summed E-state index contributed by atoms with van der Waals surface area (Å²) < 4.78 is 6.41. The van der Waals surface area contributed by atoms with E-state index in [1.54, 1.807) is 0 Å². The summed E-state index contributed by atoms with van der Waals surface area (Å²) in [6.07, 6.45) is 1.07. The minimum atomic E-state index is -1.95. The molecule has 0 spiro atoms. The molecule has 0 aliphatic carbocycles. The van der Waals surface area contributed by atoms with Gasteiger partial charge in [0.05, 0.1) is 10.0 Å². The molecule has 0 amide bonds. The van der Waals surface area contributed by atoms with Crippen LogP contribution in [0, 0.1) is 0 Å². The van der Waals surface area contributed by atoms with Crippen molar-refractivity contribution in [2.75, 3.05) is 20.6 Å². The van der Waals surface area contributed by atoms with Crippen molar-refractivity contribution in [3.05, 3.63) is 27.7 Å². The Balaban J connectivity index is 3.10. The van der Waals surface area contributed by atoms with E-state index in [1.165, 1.54) is 5.56 Å². The van der Waals surface area contributed by atoms with Crippen molar-refractivity contribution in [2.24, 2.45) is 0 Å². The molecule has 132 valence electrons. The van der Waals surface area contributed by atoms with Crippen LogP contribution in [0.3, 0.4) is 0 Å². The monoisotopic (exact) mass is 375 g/mol. The van der Waals surface area contributed by atoms with Crippen LogP contribution in [0.1, 0.15) is 45.6 Å². The molecule has 0 aromatic heterocycles. The molecule has 1 aromatic carbocycles. The number of rotatable bonds is 6. The van der Waals surface area contributed by atoms with E-state index in [4.69, 9.17) is 27.6 Å². The number of nitrogens with zero attached hydrogens (tertiary/aromatic N) is 1. The van der Waals surface area contributed by atoms with Crippen LogP contribution < -0.4 is 4.43 Å². The van der Waals surface area contributed by atoms with Crippen LogP contribution in [0.5, 0.6) is 5.75 Å². The molecule has 2 nitrogen and oxygen atoms in total. The quantitative estimate of drug-likeness (QED) is 0.530. The largest absolute Gasteiger partial charge is 0.542 e. The van der Waals surface area contributed by atoms with Gasteiger partial charge in [0.2, 0.25) is 0 Å². The van der Waals surface area contributed by atoms with E-state index in [9.17, 15) is 0 Å². The van der Waals surface area contributed by atoms with Crippen LogP contribution in [0.25, 0.3) is 0 Å². The smallest absolute Gasteiger partial charge is 0.250 e. The second-order valence-corrected chi connectivity index (χ2v) is 13.7. The fraction of sp³-hybridized carbons (Fsp3) is 0.667. The van der Waals surface area contributed by atoms with Crippen LogP contribution in [0.2, 0.25) is 28.2 Å². The molecule has 1 unspecified atom stereocenters. The van der Waals surface area contributed by atoms with Crippen molar-refractivity contribution in [1.29, 1.82) is 0 Å². The minimum Gasteiger partial charge on any atom is -0.542 e. The van der Waals surface area contributed by atoms with Gasteiger partial charge in [-0.05, 0) is 68.8 Å². The third-order valence-corrected chi connectivity index (χ3v) is 9.89. The van der Waals surface area contributed by atoms with Gasteiger partial charge in [-0.3, -0.25) is 0 Å². The highest BCUT2D eigenvalue weighted by atomic mass is 35.5. The first-order chi connectivity index (χ1) is 10.3. The van der Waals surface area contributed by atoms with Gasteiger partial charge in [0.25, 0.3) is 8.32 Å². The molecule has 1 rings (SSSR count). The molecule has 23 heavy (non-hydrogen) atoms. The molecule has 5 heteroatoms. The first-order valence-electron chi connectivity index (χ1n) is 8.18.